The fraction of sp³-hybridized carbons (Fsp3) is 0.240. The van der Waals surface area contributed by atoms with Gasteiger partial charge in [0.2, 0.25) is 0 Å². The third kappa shape index (κ3) is 5.22. The van der Waals surface area contributed by atoms with Gasteiger partial charge in [0.15, 0.2) is 11.4 Å². The van der Waals surface area contributed by atoms with Crippen molar-refractivity contribution in [2.75, 3.05) is 13.7 Å². The van der Waals surface area contributed by atoms with Gasteiger partial charge in [0.05, 0.1) is 29.0 Å². The number of thiazole rings is 1. The van der Waals surface area contributed by atoms with Crippen LogP contribution in [0.3, 0.4) is 0 Å². The molecule has 0 unspecified atom stereocenters. The van der Waals surface area contributed by atoms with Crippen molar-refractivity contribution < 1.29 is 27.4 Å². The highest BCUT2D eigenvalue weighted by Gasteiger charge is 2.33. The third-order valence-corrected chi connectivity index (χ3v) is 6.31. The van der Waals surface area contributed by atoms with Crippen LogP contribution in [0.1, 0.15) is 30.5 Å². The number of fused-ring (bicyclic) bond motifs is 1. The Balaban J connectivity index is 1.85. The first kappa shape index (κ1) is 24.5. The maximum absolute atomic E-state index is 13.5. The van der Waals surface area contributed by atoms with Crippen LogP contribution in [0.5, 0.6) is 5.75 Å². The molecule has 0 spiro atoms. The molecule has 4 rings (SSSR count). The lowest BCUT2D eigenvalue weighted by atomic mass is 9.95. The zero-order valence-corrected chi connectivity index (χ0v) is 19.7. The standard InChI is InChI=1S/C25H21F3N2O4S/c1-3-18-20(23(32)33-2)21(16-9-5-4-6-10-16)30-22(31)19(35-24(30)29-18)13-15-8-7-11-17(12-15)34-14-25(26,27)28/h4-13,21H,3,14H2,1-2H3/b19-13-/t21-/m0/s1. The monoisotopic (exact) mass is 502 g/mol. The molecule has 0 saturated heterocycles. The molecule has 1 aromatic heterocycles. The van der Waals surface area contributed by atoms with Gasteiger partial charge in [0.25, 0.3) is 5.56 Å². The predicted molar refractivity (Wildman–Crippen MR) is 125 cm³/mol. The summed E-state index contributed by atoms with van der Waals surface area (Å²) in [4.78, 5) is 31.3. The normalized spacial score (nSPS) is 16.0. The molecule has 0 N–H and O–H groups in total. The average molecular weight is 503 g/mol. The van der Waals surface area contributed by atoms with E-state index in [-0.39, 0.29) is 11.3 Å². The second-order valence-corrected chi connectivity index (χ2v) is 8.68. The molecule has 0 bridgehead atoms. The SMILES string of the molecule is CCC1=C(C(=O)OC)[C@H](c2ccccc2)n2c(s/c(=C\c3cccc(OCC(F)(F)F)c3)c2=O)=N1. The summed E-state index contributed by atoms with van der Waals surface area (Å²) < 4.78 is 49.1. The summed E-state index contributed by atoms with van der Waals surface area (Å²) in [5.41, 5.74) is 1.67. The molecule has 35 heavy (non-hydrogen) atoms. The molecule has 0 saturated carbocycles. The Morgan fingerprint density at radius 2 is 1.91 bits per heavy atom. The highest BCUT2D eigenvalue weighted by atomic mass is 32.1. The van der Waals surface area contributed by atoms with Crippen LogP contribution in [0, 0.1) is 0 Å². The molecule has 2 aromatic carbocycles. The summed E-state index contributed by atoms with van der Waals surface area (Å²) in [7, 11) is 1.28. The molecule has 1 aliphatic heterocycles. The van der Waals surface area contributed by atoms with Crippen LogP contribution in [0.2, 0.25) is 0 Å². The molecular formula is C25H21F3N2O4S. The Morgan fingerprint density at radius 1 is 1.17 bits per heavy atom. The van der Waals surface area contributed by atoms with Crippen LogP contribution in [0.4, 0.5) is 13.2 Å². The Bertz CT molecular complexity index is 1460. The maximum atomic E-state index is 13.5. The molecule has 1 aliphatic rings. The molecule has 0 radical (unpaired) electrons. The Labute approximate surface area is 202 Å². The molecule has 0 amide bonds. The van der Waals surface area contributed by atoms with Crippen molar-refractivity contribution in [1.29, 1.82) is 0 Å². The molecule has 6 nitrogen and oxygen atoms in total. The van der Waals surface area contributed by atoms with E-state index in [1.54, 1.807) is 18.2 Å². The number of nitrogens with zero attached hydrogens (tertiary/aromatic N) is 2. The smallest absolute Gasteiger partial charge is 0.422 e. The Morgan fingerprint density at radius 3 is 2.57 bits per heavy atom. The minimum atomic E-state index is -4.46. The summed E-state index contributed by atoms with van der Waals surface area (Å²) in [5.74, 6) is -0.532. The lowest BCUT2D eigenvalue weighted by Gasteiger charge is -2.25. The van der Waals surface area contributed by atoms with Gasteiger partial charge in [0, 0.05) is 0 Å². The number of hydrogen-bond acceptors (Lipinski definition) is 6. The average Bonchev–Trinajstić information content (AvgIpc) is 3.16. The zero-order valence-electron chi connectivity index (χ0n) is 18.8. The van der Waals surface area contributed by atoms with Gasteiger partial charge in [-0.15, -0.1) is 0 Å². The highest BCUT2D eigenvalue weighted by molar-refractivity contribution is 7.07. The highest BCUT2D eigenvalue weighted by Crippen LogP contribution is 2.31. The number of carbonyl (C=O) groups excluding carboxylic acids is 1. The molecule has 2 heterocycles. The van der Waals surface area contributed by atoms with E-state index in [1.807, 2.05) is 37.3 Å². The number of hydrogen-bond donors (Lipinski definition) is 0. The largest absolute Gasteiger partial charge is 0.484 e. The number of halogens is 3. The summed E-state index contributed by atoms with van der Waals surface area (Å²) in [6.07, 6.45) is -2.43. The summed E-state index contributed by atoms with van der Waals surface area (Å²) >= 11 is 1.14. The maximum Gasteiger partial charge on any atom is 0.422 e. The van der Waals surface area contributed by atoms with E-state index in [9.17, 15) is 22.8 Å². The molecule has 0 fully saturated rings. The number of allylic oxidation sites excluding steroid dienone is 1. The first-order valence-corrected chi connectivity index (χ1v) is 11.5. The van der Waals surface area contributed by atoms with Crippen LogP contribution < -0.4 is 19.6 Å². The fourth-order valence-electron chi connectivity index (χ4n) is 3.83. The second kappa shape index (κ2) is 9.91. The van der Waals surface area contributed by atoms with Gasteiger partial charge < -0.3 is 9.47 Å². The molecule has 0 aliphatic carbocycles. The van der Waals surface area contributed by atoms with Crippen molar-refractivity contribution in [3.63, 3.8) is 0 Å². The van der Waals surface area contributed by atoms with Crippen molar-refractivity contribution >= 4 is 23.4 Å². The van der Waals surface area contributed by atoms with Gasteiger partial charge in [-0.1, -0.05) is 60.7 Å². The number of methoxy groups -OCH3 is 1. The summed E-state index contributed by atoms with van der Waals surface area (Å²) in [6, 6.07) is 14.4. The lowest BCUT2D eigenvalue weighted by molar-refractivity contribution is -0.153. The molecule has 10 heteroatoms. The zero-order chi connectivity index (χ0) is 25.2. The van der Waals surface area contributed by atoms with Gasteiger partial charge in [-0.05, 0) is 35.8 Å². The third-order valence-electron chi connectivity index (χ3n) is 5.32. The van der Waals surface area contributed by atoms with Crippen LogP contribution in [0.15, 0.2) is 75.7 Å². The van der Waals surface area contributed by atoms with Crippen LogP contribution in [-0.4, -0.2) is 30.4 Å². The molecule has 3 aromatic rings. The number of rotatable bonds is 6. The van der Waals surface area contributed by atoms with Gasteiger partial charge in [-0.25, -0.2) is 9.79 Å². The van der Waals surface area contributed by atoms with E-state index in [0.717, 1.165) is 16.9 Å². The van der Waals surface area contributed by atoms with Crippen LogP contribution in [-0.2, 0) is 9.53 Å². The predicted octanol–water partition coefficient (Wildman–Crippen LogP) is 3.74. The number of carbonyl (C=O) groups is 1. The summed E-state index contributed by atoms with van der Waals surface area (Å²) in [6.45, 7) is 0.455. The minimum Gasteiger partial charge on any atom is -0.484 e. The first-order valence-electron chi connectivity index (χ1n) is 10.7. The first-order chi connectivity index (χ1) is 16.7. The van der Waals surface area contributed by atoms with E-state index in [2.05, 4.69) is 4.99 Å². The molecular weight excluding hydrogens is 481 g/mol. The van der Waals surface area contributed by atoms with Crippen molar-refractivity contribution in [2.24, 2.45) is 4.99 Å². The van der Waals surface area contributed by atoms with E-state index >= 15 is 0 Å². The van der Waals surface area contributed by atoms with Crippen LogP contribution >= 0.6 is 11.3 Å². The van der Waals surface area contributed by atoms with E-state index in [1.165, 1.54) is 23.8 Å². The van der Waals surface area contributed by atoms with Crippen LogP contribution in [0.25, 0.3) is 6.08 Å². The molecule has 182 valence electrons. The topological polar surface area (TPSA) is 69.9 Å². The van der Waals surface area contributed by atoms with Crippen molar-refractivity contribution in [3.8, 4) is 5.75 Å². The second-order valence-electron chi connectivity index (χ2n) is 7.68. The van der Waals surface area contributed by atoms with Crippen molar-refractivity contribution in [2.45, 2.75) is 25.6 Å². The van der Waals surface area contributed by atoms with Gasteiger partial charge >= 0.3 is 12.1 Å². The fourth-order valence-corrected chi connectivity index (χ4v) is 4.85. The Hall–Kier alpha value is -3.66. The number of esters is 1. The lowest BCUT2D eigenvalue weighted by Crippen LogP contribution is -2.40. The number of benzene rings is 2. The van der Waals surface area contributed by atoms with E-state index in [0.29, 0.717) is 32.6 Å². The number of ether oxygens (including phenoxy) is 2. The van der Waals surface area contributed by atoms with Crippen molar-refractivity contribution in [3.05, 3.63) is 96.7 Å². The van der Waals surface area contributed by atoms with Gasteiger partial charge in [-0.2, -0.15) is 13.2 Å². The Kier molecular flexibility index (Phi) is 6.93. The van der Waals surface area contributed by atoms with Gasteiger partial charge in [-0.3, -0.25) is 9.36 Å². The van der Waals surface area contributed by atoms with E-state index in [4.69, 9.17) is 9.47 Å². The molecule has 1 atom stereocenters. The van der Waals surface area contributed by atoms with E-state index < -0.39 is 24.8 Å². The quantitative estimate of drug-likeness (QED) is 0.482. The minimum absolute atomic E-state index is 0.0345. The van der Waals surface area contributed by atoms with Crippen molar-refractivity contribution in [1.82, 2.24) is 4.57 Å². The van der Waals surface area contributed by atoms with Gasteiger partial charge in [0.1, 0.15) is 5.75 Å². The summed E-state index contributed by atoms with van der Waals surface area (Å²) in [5, 5.41) is 0. The number of aromatic nitrogens is 1. The number of alkyl halides is 3.